The van der Waals surface area contributed by atoms with Gasteiger partial charge in [-0.1, -0.05) is 12.2 Å². The molecular formula is C14H18N2O4. The highest BCUT2D eigenvalue weighted by Gasteiger charge is 2.52. The minimum absolute atomic E-state index is 0.0156. The molecule has 6 nitrogen and oxygen atoms in total. The molecule has 0 aromatic carbocycles. The Morgan fingerprint density at radius 1 is 1.20 bits per heavy atom. The number of nitrogens with one attached hydrogen (secondary N) is 1. The number of nitrogens with zero attached hydrogens (tertiary/aromatic N) is 1. The van der Waals surface area contributed by atoms with E-state index in [1.165, 1.54) is 0 Å². The minimum atomic E-state index is -0.885. The zero-order chi connectivity index (χ0) is 14.3. The summed E-state index contributed by atoms with van der Waals surface area (Å²) >= 11 is 0. The molecule has 108 valence electrons. The van der Waals surface area contributed by atoms with E-state index in [0.29, 0.717) is 26.1 Å². The summed E-state index contributed by atoms with van der Waals surface area (Å²) in [5.41, 5.74) is 0. The van der Waals surface area contributed by atoms with Crippen molar-refractivity contribution in [1.29, 1.82) is 0 Å². The molecule has 3 aliphatic rings. The van der Waals surface area contributed by atoms with Gasteiger partial charge in [0.05, 0.1) is 11.8 Å². The van der Waals surface area contributed by atoms with Crippen LogP contribution in [-0.2, 0) is 14.4 Å². The first kappa shape index (κ1) is 13.1. The Labute approximate surface area is 116 Å². The zero-order valence-corrected chi connectivity index (χ0v) is 11.1. The number of carbonyl (C=O) groups excluding carboxylic acids is 2. The van der Waals surface area contributed by atoms with Crippen LogP contribution in [0.5, 0.6) is 0 Å². The number of fused-ring (bicyclic) bond motifs is 2. The number of carboxylic acids is 1. The van der Waals surface area contributed by atoms with E-state index in [0.717, 1.165) is 6.42 Å². The Kier molecular flexibility index (Phi) is 3.23. The summed E-state index contributed by atoms with van der Waals surface area (Å²) in [6.07, 6.45) is 4.97. The Balaban J connectivity index is 1.77. The molecule has 4 atom stereocenters. The van der Waals surface area contributed by atoms with Crippen molar-refractivity contribution in [3.63, 3.8) is 0 Å². The summed E-state index contributed by atoms with van der Waals surface area (Å²) < 4.78 is 0. The fourth-order valence-corrected chi connectivity index (χ4v) is 3.69. The Morgan fingerprint density at radius 2 is 1.90 bits per heavy atom. The third kappa shape index (κ3) is 2.09. The first-order valence-corrected chi connectivity index (χ1v) is 7.04. The number of amides is 2. The van der Waals surface area contributed by atoms with Crippen molar-refractivity contribution >= 4 is 17.8 Å². The van der Waals surface area contributed by atoms with Gasteiger partial charge in [-0.3, -0.25) is 14.4 Å². The average Bonchev–Trinajstić information content (AvgIpc) is 2.95. The van der Waals surface area contributed by atoms with Crippen LogP contribution in [0, 0.1) is 23.7 Å². The van der Waals surface area contributed by atoms with E-state index in [4.69, 9.17) is 0 Å². The van der Waals surface area contributed by atoms with E-state index in [-0.39, 0.29) is 23.7 Å². The van der Waals surface area contributed by atoms with E-state index >= 15 is 0 Å². The Bertz CT molecular complexity index is 488. The summed E-state index contributed by atoms with van der Waals surface area (Å²) in [7, 11) is 0. The number of allylic oxidation sites excluding steroid dienone is 2. The maximum atomic E-state index is 12.7. The van der Waals surface area contributed by atoms with Crippen molar-refractivity contribution in [3.8, 4) is 0 Å². The number of hydrogen-bond acceptors (Lipinski definition) is 3. The van der Waals surface area contributed by atoms with Crippen LogP contribution in [0.4, 0.5) is 0 Å². The second kappa shape index (κ2) is 4.92. The Morgan fingerprint density at radius 3 is 2.60 bits per heavy atom. The lowest BCUT2D eigenvalue weighted by molar-refractivity contribution is -0.151. The molecule has 1 saturated carbocycles. The summed E-state index contributed by atoms with van der Waals surface area (Å²) in [6, 6.07) is 0. The van der Waals surface area contributed by atoms with Gasteiger partial charge in [-0.05, 0) is 18.3 Å². The highest BCUT2D eigenvalue weighted by molar-refractivity contribution is 5.87. The fourth-order valence-electron chi connectivity index (χ4n) is 3.69. The Hall–Kier alpha value is -1.85. The highest BCUT2D eigenvalue weighted by Crippen LogP contribution is 2.48. The molecule has 20 heavy (non-hydrogen) atoms. The zero-order valence-electron chi connectivity index (χ0n) is 11.1. The van der Waals surface area contributed by atoms with Crippen LogP contribution in [0.3, 0.4) is 0 Å². The topological polar surface area (TPSA) is 86.7 Å². The van der Waals surface area contributed by atoms with Gasteiger partial charge < -0.3 is 15.3 Å². The fraction of sp³-hybridized carbons (Fsp3) is 0.643. The van der Waals surface area contributed by atoms with E-state index in [1.807, 2.05) is 12.2 Å². The molecule has 1 heterocycles. The monoisotopic (exact) mass is 278 g/mol. The number of rotatable bonds is 2. The first-order chi connectivity index (χ1) is 9.58. The van der Waals surface area contributed by atoms with Crippen LogP contribution >= 0.6 is 0 Å². The standard InChI is InChI=1S/C14H18N2O4/c17-10-3-5-16(6-4-15-10)13(18)11-8-1-2-9(7-8)12(11)14(19)20/h1-2,8-9,11-12H,3-7H2,(H,15,17)(H,19,20)/t8?,9?,11-,12+/m0/s1. The average molecular weight is 278 g/mol. The quantitative estimate of drug-likeness (QED) is 0.688. The van der Waals surface area contributed by atoms with E-state index in [2.05, 4.69) is 5.32 Å². The maximum Gasteiger partial charge on any atom is 0.307 e. The van der Waals surface area contributed by atoms with Crippen LogP contribution in [0.1, 0.15) is 12.8 Å². The van der Waals surface area contributed by atoms with Crippen LogP contribution in [0.2, 0.25) is 0 Å². The number of carbonyl (C=O) groups is 3. The first-order valence-electron chi connectivity index (χ1n) is 7.04. The van der Waals surface area contributed by atoms with Crippen molar-refractivity contribution in [2.24, 2.45) is 23.7 Å². The molecule has 2 bridgehead atoms. The molecule has 2 amide bonds. The third-order valence-electron chi connectivity index (χ3n) is 4.65. The molecular weight excluding hydrogens is 260 g/mol. The molecule has 0 aromatic rings. The van der Waals surface area contributed by atoms with Gasteiger partial charge in [-0.25, -0.2) is 0 Å². The van der Waals surface area contributed by atoms with Gasteiger partial charge in [0.15, 0.2) is 0 Å². The van der Waals surface area contributed by atoms with Gasteiger partial charge in [0, 0.05) is 26.1 Å². The molecule has 0 radical (unpaired) electrons. The lowest BCUT2D eigenvalue weighted by Gasteiger charge is -2.29. The van der Waals surface area contributed by atoms with Crippen molar-refractivity contribution in [2.75, 3.05) is 19.6 Å². The van der Waals surface area contributed by atoms with Crippen molar-refractivity contribution in [2.45, 2.75) is 12.8 Å². The van der Waals surface area contributed by atoms with E-state index in [9.17, 15) is 19.5 Å². The smallest absolute Gasteiger partial charge is 0.307 e. The largest absolute Gasteiger partial charge is 0.481 e. The van der Waals surface area contributed by atoms with Gasteiger partial charge >= 0.3 is 5.97 Å². The van der Waals surface area contributed by atoms with Gasteiger partial charge in [-0.15, -0.1) is 0 Å². The minimum Gasteiger partial charge on any atom is -0.481 e. The number of hydrogen-bond donors (Lipinski definition) is 2. The van der Waals surface area contributed by atoms with Crippen LogP contribution in [-0.4, -0.2) is 47.4 Å². The number of aliphatic carboxylic acids is 1. The van der Waals surface area contributed by atoms with Crippen LogP contribution in [0.15, 0.2) is 12.2 Å². The van der Waals surface area contributed by atoms with Crippen molar-refractivity contribution in [1.82, 2.24) is 10.2 Å². The summed E-state index contributed by atoms with van der Waals surface area (Å²) in [6.45, 7) is 1.29. The molecule has 2 aliphatic carbocycles. The van der Waals surface area contributed by atoms with Crippen LogP contribution < -0.4 is 5.32 Å². The van der Waals surface area contributed by atoms with E-state index < -0.39 is 17.8 Å². The summed E-state index contributed by atoms with van der Waals surface area (Å²) in [4.78, 5) is 37.1. The van der Waals surface area contributed by atoms with Crippen molar-refractivity contribution < 1.29 is 19.5 Å². The van der Waals surface area contributed by atoms with Crippen LogP contribution in [0.25, 0.3) is 0 Å². The highest BCUT2D eigenvalue weighted by atomic mass is 16.4. The SMILES string of the molecule is O=C1CCN(C(=O)[C@H]2C3C=CC(C3)[C@H]2C(=O)O)CCN1. The molecule has 0 aromatic heterocycles. The predicted molar refractivity (Wildman–Crippen MR) is 69.6 cm³/mol. The van der Waals surface area contributed by atoms with Gasteiger partial charge in [-0.2, -0.15) is 0 Å². The molecule has 1 saturated heterocycles. The maximum absolute atomic E-state index is 12.7. The van der Waals surface area contributed by atoms with E-state index in [1.54, 1.807) is 4.90 Å². The molecule has 6 heteroatoms. The molecule has 1 aliphatic heterocycles. The third-order valence-corrected chi connectivity index (χ3v) is 4.65. The normalized spacial score (nSPS) is 35.8. The predicted octanol–water partition coefficient (Wildman–Crippen LogP) is -0.142. The second-order valence-corrected chi connectivity index (χ2v) is 5.76. The number of carboxylic acid groups (broad SMARTS) is 1. The summed E-state index contributed by atoms with van der Waals surface area (Å²) in [5, 5.41) is 12.1. The molecule has 2 unspecified atom stereocenters. The summed E-state index contributed by atoms with van der Waals surface area (Å²) in [5.74, 6) is -2.09. The lowest BCUT2D eigenvalue weighted by Crippen LogP contribution is -2.44. The second-order valence-electron chi connectivity index (χ2n) is 5.76. The molecule has 2 fully saturated rings. The van der Waals surface area contributed by atoms with Crippen molar-refractivity contribution in [3.05, 3.63) is 12.2 Å². The molecule has 2 N–H and O–H groups in total. The lowest BCUT2D eigenvalue weighted by atomic mass is 9.82. The molecule has 3 rings (SSSR count). The van der Waals surface area contributed by atoms with Gasteiger partial charge in [0.25, 0.3) is 0 Å². The van der Waals surface area contributed by atoms with Gasteiger partial charge in [0.1, 0.15) is 0 Å². The van der Waals surface area contributed by atoms with Gasteiger partial charge in [0.2, 0.25) is 11.8 Å². The molecule has 0 spiro atoms.